The quantitative estimate of drug-likeness (QED) is 0.0776. The lowest BCUT2D eigenvalue weighted by atomic mass is 10.0. The summed E-state index contributed by atoms with van der Waals surface area (Å²) in [4.78, 5) is 97.5. The molecule has 1 aliphatic heterocycles. The Labute approximate surface area is 285 Å². The fourth-order valence-corrected chi connectivity index (χ4v) is 5.27. The molecule has 0 radical (unpaired) electrons. The Balaban J connectivity index is 2.01. The third-order valence-corrected chi connectivity index (χ3v) is 8.04. The van der Waals surface area contributed by atoms with E-state index in [1.165, 1.54) is 25.1 Å². The van der Waals surface area contributed by atoms with Gasteiger partial charge in [-0.3, -0.25) is 28.8 Å². The first-order valence-electron chi connectivity index (χ1n) is 16.4. The summed E-state index contributed by atoms with van der Waals surface area (Å²) in [5.74, 6) is -5.76. The molecule has 1 aliphatic rings. The highest BCUT2D eigenvalue weighted by Gasteiger charge is 2.39. The minimum atomic E-state index is -1.47. The summed E-state index contributed by atoms with van der Waals surface area (Å²) in [7, 11) is 0. The molecule has 1 fully saturated rings. The summed E-state index contributed by atoms with van der Waals surface area (Å²) in [6, 6.07) is -7.88. The Morgan fingerprint density at radius 2 is 1.53 bits per heavy atom. The van der Waals surface area contributed by atoms with Gasteiger partial charge in [0.05, 0.1) is 19.0 Å². The smallest absolute Gasteiger partial charge is 0.326 e. The number of carbonyl (C=O) groups is 7. The number of H-pyrrole nitrogens is 1. The van der Waals surface area contributed by atoms with Gasteiger partial charge in [-0.2, -0.15) is 0 Å². The molecular formula is C31H51N9O9. The third kappa shape index (κ3) is 12.1. The zero-order chi connectivity index (χ0) is 37.0. The molecule has 0 aliphatic carbocycles. The van der Waals surface area contributed by atoms with E-state index in [1.54, 1.807) is 20.0 Å². The molecular weight excluding hydrogens is 642 g/mol. The van der Waals surface area contributed by atoms with Crippen LogP contribution in [-0.4, -0.2) is 122 Å². The van der Waals surface area contributed by atoms with E-state index >= 15 is 0 Å². The lowest BCUT2D eigenvalue weighted by Gasteiger charge is -2.29. The lowest BCUT2D eigenvalue weighted by molar-refractivity contribution is -0.143. The van der Waals surface area contributed by atoms with Crippen LogP contribution in [0.4, 0.5) is 0 Å². The normalized spacial score (nSPS) is 18.1. The summed E-state index contributed by atoms with van der Waals surface area (Å²) >= 11 is 0. The van der Waals surface area contributed by atoms with Crippen LogP contribution in [0.2, 0.25) is 0 Å². The zero-order valence-corrected chi connectivity index (χ0v) is 28.8. The predicted octanol–water partition coefficient (Wildman–Crippen LogP) is -2.49. The summed E-state index contributed by atoms with van der Waals surface area (Å²) in [6.45, 7) is 9.11. The maximum Gasteiger partial charge on any atom is 0.326 e. The number of hydrogen-bond donors (Lipinski definition) is 9. The number of nitrogens with one attached hydrogen (secondary N) is 6. The van der Waals surface area contributed by atoms with E-state index in [-0.39, 0.29) is 31.7 Å². The largest absolute Gasteiger partial charge is 0.480 e. The number of aromatic nitrogens is 2. The lowest BCUT2D eigenvalue weighted by Crippen LogP contribution is -2.59. The number of carboxylic acids is 1. The van der Waals surface area contributed by atoms with E-state index < -0.39 is 96.2 Å². The molecule has 7 atom stereocenters. The van der Waals surface area contributed by atoms with Crippen molar-refractivity contribution in [3.63, 3.8) is 0 Å². The van der Waals surface area contributed by atoms with Crippen LogP contribution in [0.5, 0.6) is 0 Å². The number of amides is 6. The van der Waals surface area contributed by atoms with Gasteiger partial charge in [-0.15, -0.1) is 0 Å². The molecule has 0 saturated carbocycles. The molecule has 49 heavy (non-hydrogen) atoms. The minimum Gasteiger partial charge on any atom is -0.480 e. The number of rotatable bonds is 18. The molecule has 1 aromatic rings. The van der Waals surface area contributed by atoms with Crippen LogP contribution in [0.15, 0.2) is 12.5 Å². The van der Waals surface area contributed by atoms with Gasteiger partial charge in [0, 0.05) is 24.9 Å². The standard InChI is InChI=1S/C31H51N9O9/c1-15(2)10-21(37-26(43)20(32)11-19-12-33-14-34-19)27(44)36-18(6)30(47)40-9-7-8-23(40)29(46)38-22(13-41)28(45)35-17(5)25(42)39-24(16(3)4)31(48)49/h12,14-18,20-24,41H,7-11,13,32H2,1-6H3,(H,33,34)(H,35,45)(H,36,44)(H,37,43)(H,38,46)(H,39,42)(H,48,49)/t17-,18-,20-,21-,22-,23-,24-/m0/s1. The van der Waals surface area contributed by atoms with Gasteiger partial charge in [-0.25, -0.2) is 9.78 Å². The molecule has 18 nitrogen and oxygen atoms in total. The van der Waals surface area contributed by atoms with Gasteiger partial charge in [0.1, 0.15) is 36.3 Å². The van der Waals surface area contributed by atoms with Gasteiger partial charge in [-0.05, 0) is 44.9 Å². The average molecular weight is 694 g/mol. The van der Waals surface area contributed by atoms with E-state index in [0.29, 0.717) is 12.1 Å². The maximum absolute atomic E-state index is 13.4. The molecule has 6 amide bonds. The molecule has 0 aromatic carbocycles. The Morgan fingerprint density at radius 1 is 0.898 bits per heavy atom. The first-order valence-corrected chi connectivity index (χ1v) is 16.4. The number of aromatic amines is 1. The van der Waals surface area contributed by atoms with Crippen LogP contribution in [0.25, 0.3) is 0 Å². The van der Waals surface area contributed by atoms with Crippen molar-refractivity contribution in [2.45, 2.75) is 110 Å². The fraction of sp³-hybridized carbons (Fsp3) is 0.677. The molecule has 274 valence electrons. The molecule has 0 spiro atoms. The van der Waals surface area contributed by atoms with Crippen molar-refractivity contribution in [1.82, 2.24) is 41.5 Å². The molecule has 1 saturated heterocycles. The number of imidazole rings is 1. The monoisotopic (exact) mass is 693 g/mol. The number of carboxylic acid groups (broad SMARTS) is 1. The van der Waals surface area contributed by atoms with Crippen molar-refractivity contribution in [3.8, 4) is 0 Å². The van der Waals surface area contributed by atoms with E-state index in [9.17, 15) is 43.8 Å². The van der Waals surface area contributed by atoms with Crippen LogP contribution in [-0.2, 0) is 40.0 Å². The number of carbonyl (C=O) groups excluding carboxylic acids is 6. The average Bonchev–Trinajstić information content (AvgIpc) is 3.73. The van der Waals surface area contributed by atoms with Gasteiger partial charge in [0.15, 0.2) is 0 Å². The Hall–Kier alpha value is -4.58. The number of aliphatic carboxylic acids is 1. The van der Waals surface area contributed by atoms with Crippen molar-refractivity contribution < 1.29 is 43.8 Å². The molecule has 18 heteroatoms. The summed E-state index contributed by atoms with van der Waals surface area (Å²) in [5.41, 5.74) is 6.68. The second kappa shape index (κ2) is 18.8. The number of hydrogen-bond acceptors (Lipinski definition) is 10. The van der Waals surface area contributed by atoms with Crippen LogP contribution in [0.1, 0.15) is 66.5 Å². The number of nitrogens with two attached hydrogens (primary N) is 1. The molecule has 0 bridgehead atoms. The SMILES string of the molecule is CC(C)C[C@H](NC(=O)[C@@H](N)Cc1cnc[nH]1)C(=O)N[C@@H](C)C(=O)N1CCC[C@H]1C(=O)N[C@@H](CO)C(=O)N[C@@H](C)C(=O)N[C@H](C(=O)O)C(C)C. The highest BCUT2D eigenvalue weighted by molar-refractivity contribution is 5.97. The summed E-state index contributed by atoms with van der Waals surface area (Å²) < 4.78 is 0. The highest BCUT2D eigenvalue weighted by Crippen LogP contribution is 2.19. The number of nitrogens with zero attached hydrogens (tertiary/aromatic N) is 2. The van der Waals surface area contributed by atoms with Crippen molar-refractivity contribution in [2.24, 2.45) is 17.6 Å². The first kappa shape index (κ1) is 40.6. The number of aliphatic hydroxyl groups is 1. The Morgan fingerprint density at radius 3 is 2.08 bits per heavy atom. The molecule has 10 N–H and O–H groups in total. The second-order valence-corrected chi connectivity index (χ2v) is 13.0. The summed E-state index contributed by atoms with van der Waals surface area (Å²) in [6.07, 6.45) is 4.16. The second-order valence-electron chi connectivity index (χ2n) is 13.0. The van der Waals surface area contributed by atoms with Crippen LogP contribution in [0, 0.1) is 11.8 Å². The highest BCUT2D eigenvalue weighted by atomic mass is 16.4. The van der Waals surface area contributed by atoms with Crippen molar-refractivity contribution in [3.05, 3.63) is 18.2 Å². The number of likely N-dealkylation sites (tertiary alicyclic amines) is 1. The Kier molecular flexibility index (Phi) is 15.6. The van der Waals surface area contributed by atoms with Gasteiger partial charge >= 0.3 is 5.97 Å². The van der Waals surface area contributed by atoms with Gasteiger partial charge in [0.2, 0.25) is 35.4 Å². The zero-order valence-electron chi connectivity index (χ0n) is 28.8. The van der Waals surface area contributed by atoms with Gasteiger partial charge in [0.25, 0.3) is 0 Å². The number of aliphatic hydroxyl groups excluding tert-OH is 1. The van der Waals surface area contributed by atoms with Crippen LogP contribution < -0.4 is 32.3 Å². The summed E-state index contributed by atoms with van der Waals surface area (Å²) in [5, 5.41) is 31.5. The van der Waals surface area contributed by atoms with E-state index in [0.717, 1.165) is 0 Å². The minimum absolute atomic E-state index is 0.00767. The maximum atomic E-state index is 13.4. The van der Waals surface area contributed by atoms with Crippen molar-refractivity contribution in [2.75, 3.05) is 13.2 Å². The molecule has 2 rings (SSSR count). The molecule has 1 aromatic heterocycles. The van der Waals surface area contributed by atoms with E-state index in [4.69, 9.17) is 5.73 Å². The van der Waals surface area contributed by atoms with Gasteiger partial charge < -0.3 is 52.4 Å². The van der Waals surface area contributed by atoms with Crippen LogP contribution >= 0.6 is 0 Å². The fourth-order valence-electron chi connectivity index (χ4n) is 5.27. The van der Waals surface area contributed by atoms with E-state index in [2.05, 4.69) is 36.6 Å². The van der Waals surface area contributed by atoms with Crippen LogP contribution in [0.3, 0.4) is 0 Å². The van der Waals surface area contributed by atoms with Gasteiger partial charge in [-0.1, -0.05) is 27.7 Å². The Bertz CT molecular complexity index is 1320. The van der Waals surface area contributed by atoms with Crippen molar-refractivity contribution in [1.29, 1.82) is 0 Å². The predicted molar refractivity (Wildman–Crippen MR) is 175 cm³/mol. The molecule has 2 heterocycles. The third-order valence-electron chi connectivity index (χ3n) is 8.04. The topological polar surface area (TPSA) is 278 Å². The van der Waals surface area contributed by atoms with E-state index in [1.807, 2.05) is 13.8 Å². The van der Waals surface area contributed by atoms with Crippen molar-refractivity contribution >= 4 is 41.4 Å². The molecule has 0 unspecified atom stereocenters. The first-order chi connectivity index (χ1) is 23.0.